The number of hydrogen-bond acceptors (Lipinski definition) is 5. The molecule has 8 nitrogen and oxygen atoms in total. The highest BCUT2D eigenvalue weighted by Crippen LogP contribution is 2.31. The molecule has 1 aliphatic heterocycles. The first-order chi connectivity index (χ1) is 16.4. The number of halogens is 1. The van der Waals surface area contributed by atoms with Crippen molar-refractivity contribution in [2.45, 2.75) is 18.4 Å². The summed E-state index contributed by atoms with van der Waals surface area (Å²) >= 11 is 6.23. The van der Waals surface area contributed by atoms with Crippen molar-refractivity contribution in [3.05, 3.63) is 76.6 Å². The molecule has 1 fully saturated rings. The second-order valence-corrected chi connectivity index (χ2v) is 8.56. The van der Waals surface area contributed by atoms with E-state index in [2.05, 4.69) is 10.4 Å². The molecule has 2 amide bonds. The van der Waals surface area contributed by atoms with Crippen molar-refractivity contribution in [1.82, 2.24) is 20.0 Å². The lowest BCUT2D eigenvalue weighted by molar-refractivity contribution is 0.0667. The van der Waals surface area contributed by atoms with E-state index in [1.807, 2.05) is 13.1 Å². The Morgan fingerprint density at radius 1 is 1.09 bits per heavy atom. The molecule has 2 heterocycles. The van der Waals surface area contributed by atoms with Crippen molar-refractivity contribution >= 4 is 23.4 Å². The van der Waals surface area contributed by atoms with Crippen molar-refractivity contribution in [3.63, 3.8) is 0 Å². The van der Waals surface area contributed by atoms with Gasteiger partial charge in [0.1, 0.15) is 0 Å². The summed E-state index contributed by atoms with van der Waals surface area (Å²) in [5, 5.41) is 7.83. The van der Waals surface area contributed by atoms with E-state index in [-0.39, 0.29) is 23.8 Å². The fraction of sp³-hybridized carbons (Fsp3) is 0.320. The molecule has 9 heteroatoms. The van der Waals surface area contributed by atoms with Crippen molar-refractivity contribution in [2.75, 3.05) is 27.3 Å². The van der Waals surface area contributed by atoms with Gasteiger partial charge in [0.25, 0.3) is 11.8 Å². The highest BCUT2D eigenvalue weighted by Gasteiger charge is 2.35. The lowest BCUT2D eigenvalue weighted by Gasteiger charge is -2.39. The number of methoxy groups -OCH3 is 2. The van der Waals surface area contributed by atoms with Gasteiger partial charge in [-0.15, -0.1) is 0 Å². The summed E-state index contributed by atoms with van der Waals surface area (Å²) in [6, 6.07) is 13.8. The Bertz CT molecular complexity index is 1200. The molecule has 178 valence electrons. The van der Waals surface area contributed by atoms with Gasteiger partial charge in [0, 0.05) is 49.6 Å². The maximum Gasteiger partial charge on any atom is 0.254 e. The summed E-state index contributed by atoms with van der Waals surface area (Å²) in [4.78, 5) is 28.1. The van der Waals surface area contributed by atoms with E-state index >= 15 is 0 Å². The third kappa shape index (κ3) is 4.72. The molecular weight excluding hydrogens is 456 g/mol. The molecule has 1 aliphatic rings. The topological polar surface area (TPSA) is 85.7 Å². The monoisotopic (exact) mass is 482 g/mol. The van der Waals surface area contributed by atoms with E-state index < -0.39 is 0 Å². The van der Waals surface area contributed by atoms with Crippen LogP contribution in [0.5, 0.6) is 11.5 Å². The number of nitrogens with zero attached hydrogens (tertiary/aromatic N) is 3. The molecule has 0 spiro atoms. The summed E-state index contributed by atoms with van der Waals surface area (Å²) in [6.07, 6.45) is 2.31. The second kappa shape index (κ2) is 10.2. The highest BCUT2D eigenvalue weighted by atomic mass is 35.5. The zero-order valence-corrected chi connectivity index (χ0v) is 20.1. The minimum absolute atomic E-state index is 0.107. The predicted molar refractivity (Wildman–Crippen MR) is 129 cm³/mol. The van der Waals surface area contributed by atoms with Crippen LogP contribution in [0.3, 0.4) is 0 Å². The second-order valence-electron chi connectivity index (χ2n) is 8.16. The number of ether oxygens (including phenoxy) is 2. The molecule has 0 radical (unpaired) electrons. The Hall–Kier alpha value is -3.52. The van der Waals surface area contributed by atoms with Crippen LogP contribution in [0.4, 0.5) is 0 Å². The van der Waals surface area contributed by atoms with Gasteiger partial charge >= 0.3 is 0 Å². The van der Waals surface area contributed by atoms with Gasteiger partial charge in [-0.1, -0.05) is 23.7 Å². The predicted octanol–water partition coefficient (Wildman–Crippen LogP) is 3.52. The summed E-state index contributed by atoms with van der Waals surface area (Å²) in [6.45, 7) is 0.926. The first-order valence-electron chi connectivity index (χ1n) is 11.0. The van der Waals surface area contributed by atoms with E-state index in [4.69, 9.17) is 21.1 Å². The number of carbonyl (C=O) groups is 2. The van der Waals surface area contributed by atoms with Crippen LogP contribution in [0.25, 0.3) is 0 Å². The van der Waals surface area contributed by atoms with Crippen LogP contribution >= 0.6 is 11.6 Å². The fourth-order valence-electron chi connectivity index (χ4n) is 4.40. The minimum Gasteiger partial charge on any atom is -0.493 e. The maximum atomic E-state index is 13.4. The van der Waals surface area contributed by atoms with Crippen LogP contribution in [-0.2, 0) is 7.05 Å². The number of nitrogens with one attached hydrogen (secondary N) is 1. The Morgan fingerprint density at radius 2 is 1.85 bits per heavy atom. The average molecular weight is 483 g/mol. The molecule has 1 saturated heterocycles. The van der Waals surface area contributed by atoms with Crippen LogP contribution < -0.4 is 14.8 Å². The van der Waals surface area contributed by atoms with Crippen molar-refractivity contribution in [2.24, 2.45) is 7.05 Å². The molecule has 3 aromatic rings. The first-order valence-corrected chi connectivity index (χ1v) is 11.3. The van der Waals surface area contributed by atoms with E-state index in [1.54, 1.807) is 65.4 Å². The number of hydrogen-bond donors (Lipinski definition) is 1. The van der Waals surface area contributed by atoms with E-state index in [0.717, 1.165) is 5.69 Å². The van der Waals surface area contributed by atoms with Gasteiger partial charge < -0.3 is 19.7 Å². The Kier molecular flexibility index (Phi) is 7.07. The largest absolute Gasteiger partial charge is 0.493 e. The summed E-state index contributed by atoms with van der Waals surface area (Å²) in [5.74, 6) is 0.578. The molecule has 0 unspecified atom stereocenters. The zero-order valence-electron chi connectivity index (χ0n) is 19.3. The number of aryl methyl sites for hydroxylation is 1. The molecule has 1 N–H and O–H groups in total. The first kappa shape index (κ1) is 23.6. The molecule has 34 heavy (non-hydrogen) atoms. The zero-order chi connectivity index (χ0) is 24.2. The SMILES string of the molecule is COc1ccc(C(=O)N2CC[C@H](NC(=O)c3ccccc3Cl)[C@H](c3ccnn3C)C2)cc1OC. The normalized spacial score (nSPS) is 17.8. The number of piperidine rings is 1. The number of rotatable bonds is 6. The number of likely N-dealkylation sites (tertiary alicyclic amines) is 1. The van der Waals surface area contributed by atoms with Gasteiger partial charge in [-0.2, -0.15) is 5.10 Å². The van der Waals surface area contributed by atoms with E-state index in [9.17, 15) is 9.59 Å². The smallest absolute Gasteiger partial charge is 0.254 e. The van der Waals surface area contributed by atoms with Crippen LogP contribution in [-0.4, -0.2) is 59.8 Å². The molecule has 2 atom stereocenters. The lowest BCUT2D eigenvalue weighted by Crippen LogP contribution is -2.51. The van der Waals surface area contributed by atoms with Crippen molar-refractivity contribution in [3.8, 4) is 11.5 Å². The van der Waals surface area contributed by atoms with Gasteiger partial charge in [0.15, 0.2) is 11.5 Å². The average Bonchev–Trinajstić information content (AvgIpc) is 3.29. The van der Waals surface area contributed by atoms with Gasteiger partial charge in [-0.3, -0.25) is 14.3 Å². The number of benzene rings is 2. The Morgan fingerprint density at radius 3 is 2.53 bits per heavy atom. The third-order valence-electron chi connectivity index (χ3n) is 6.20. The van der Waals surface area contributed by atoms with Crippen LogP contribution in [0.2, 0.25) is 5.02 Å². The summed E-state index contributed by atoms with van der Waals surface area (Å²) in [5.41, 5.74) is 1.88. The summed E-state index contributed by atoms with van der Waals surface area (Å²) < 4.78 is 12.4. The van der Waals surface area contributed by atoms with Crippen LogP contribution in [0.1, 0.15) is 38.7 Å². The lowest BCUT2D eigenvalue weighted by atomic mass is 9.88. The van der Waals surface area contributed by atoms with Crippen LogP contribution in [0, 0.1) is 0 Å². The third-order valence-corrected chi connectivity index (χ3v) is 6.53. The van der Waals surface area contributed by atoms with Gasteiger partial charge in [0.2, 0.25) is 0 Å². The molecule has 1 aromatic heterocycles. The quantitative estimate of drug-likeness (QED) is 0.581. The molecular formula is C25H27ClN4O4. The number of amides is 2. The standard InChI is InChI=1S/C25H27ClN4O4/c1-29-21(10-12-27-29)18-15-30(25(32)16-8-9-22(33-2)23(14-16)34-3)13-11-20(18)28-24(31)17-6-4-5-7-19(17)26/h4-10,12,14,18,20H,11,13,15H2,1-3H3,(H,28,31)/t18-,20+/m1/s1. The number of aromatic nitrogens is 2. The molecule has 4 rings (SSSR count). The fourth-order valence-corrected chi connectivity index (χ4v) is 4.62. The highest BCUT2D eigenvalue weighted by molar-refractivity contribution is 6.33. The molecule has 2 aromatic carbocycles. The van der Waals surface area contributed by atoms with Crippen molar-refractivity contribution in [1.29, 1.82) is 0 Å². The summed E-state index contributed by atoms with van der Waals surface area (Å²) in [7, 11) is 4.95. The van der Waals surface area contributed by atoms with Crippen LogP contribution in [0.15, 0.2) is 54.7 Å². The van der Waals surface area contributed by atoms with E-state index in [0.29, 0.717) is 47.2 Å². The Balaban J connectivity index is 1.57. The van der Waals surface area contributed by atoms with Gasteiger partial charge in [-0.05, 0) is 42.8 Å². The van der Waals surface area contributed by atoms with Gasteiger partial charge in [0.05, 0.1) is 24.8 Å². The van der Waals surface area contributed by atoms with Crippen molar-refractivity contribution < 1.29 is 19.1 Å². The van der Waals surface area contributed by atoms with Gasteiger partial charge in [-0.25, -0.2) is 0 Å². The molecule has 0 saturated carbocycles. The number of carbonyl (C=O) groups excluding carboxylic acids is 2. The molecule has 0 bridgehead atoms. The maximum absolute atomic E-state index is 13.4. The van der Waals surface area contributed by atoms with E-state index in [1.165, 1.54) is 7.11 Å². The Labute approximate surface area is 203 Å². The molecule has 0 aliphatic carbocycles. The minimum atomic E-state index is -0.234.